The number of rotatable bonds is 7. The molecule has 4 N–H and O–H groups in total. The van der Waals surface area contributed by atoms with Gasteiger partial charge in [0.15, 0.2) is 11.4 Å². The molecule has 2 aromatic heterocycles. The summed E-state index contributed by atoms with van der Waals surface area (Å²) in [7, 11) is 0. The number of halogens is 2. The minimum absolute atomic E-state index is 0.0142. The van der Waals surface area contributed by atoms with Crippen molar-refractivity contribution in [3.05, 3.63) is 98.4 Å². The number of carbonyl (C=O) groups is 3. The average molecular weight is 597 g/mol. The summed E-state index contributed by atoms with van der Waals surface area (Å²) in [6.07, 6.45) is 2.82. The topological polar surface area (TPSA) is 144 Å². The first kappa shape index (κ1) is 28.4. The Balaban J connectivity index is 1.34. The molecule has 0 fully saturated rings. The van der Waals surface area contributed by atoms with Gasteiger partial charge in [0.05, 0.1) is 21.7 Å². The van der Waals surface area contributed by atoms with Crippen molar-refractivity contribution < 1.29 is 29.7 Å². The van der Waals surface area contributed by atoms with Crippen LogP contribution in [0.3, 0.4) is 0 Å². The molecule has 12 heteroatoms. The van der Waals surface area contributed by atoms with E-state index < -0.39 is 24.0 Å². The van der Waals surface area contributed by atoms with Crippen molar-refractivity contribution in [1.29, 1.82) is 0 Å². The van der Waals surface area contributed by atoms with E-state index in [9.17, 15) is 29.7 Å². The number of carboxylic acid groups (broad SMARTS) is 1. The summed E-state index contributed by atoms with van der Waals surface area (Å²) < 4.78 is 1.56. The maximum atomic E-state index is 13.2. The molecule has 0 radical (unpaired) electrons. The van der Waals surface area contributed by atoms with Gasteiger partial charge >= 0.3 is 5.97 Å². The van der Waals surface area contributed by atoms with Gasteiger partial charge in [-0.3, -0.25) is 9.59 Å². The Morgan fingerprint density at radius 3 is 2.63 bits per heavy atom. The number of aliphatic hydroxyl groups is 1. The van der Waals surface area contributed by atoms with E-state index in [0.717, 1.165) is 0 Å². The van der Waals surface area contributed by atoms with Crippen LogP contribution in [0.4, 0.5) is 0 Å². The number of imidazole rings is 1. The molecule has 2 atom stereocenters. The SMILES string of the molecule is CC(O)c1cccc(CC(NC(=O)c2c(Cl)cc3c(c2Cl)CCN(C(=O)c2cn4cccc(O)c4n2)C3)C(=O)O)c1. The molecule has 2 aromatic carbocycles. The number of nitrogens with zero attached hydrogens (tertiary/aromatic N) is 3. The molecule has 212 valence electrons. The van der Waals surface area contributed by atoms with E-state index >= 15 is 0 Å². The largest absolute Gasteiger partial charge is 0.504 e. The zero-order valence-corrected chi connectivity index (χ0v) is 23.4. The third-order valence-electron chi connectivity index (χ3n) is 7.08. The average Bonchev–Trinajstić information content (AvgIpc) is 3.38. The standard InChI is InChI=1S/C29H26Cl2N4O6/c1-15(36)17-5-2-4-16(10-17)11-21(29(40)41)33-27(38)24-20(30)12-18-13-35(9-7-19(18)25(24)31)28(39)22-14-34-8-3-6-23(37)26(34)32-22/h2-6,8,10,12,14-15,21,36-37H,7,9,11,13H2,1H3,(H,33,38)(H,40,41). The number of hydrogen-bond acceptors (Lipinski definition) is 6. The Morgan fingerprint density at radius 1 is 1.15 bits per heavy atom. The number of amides is 2. The summed E-state index contributed by atoms with van der Waals surface area (Å²) in [5.41, 5.74) is 2.97. The van der Waals surface area contributed by atoms with Crippen molar-refractivity contribution in [2.24, 2.45) is 0 Å². The van der Waals surface area contributed by atoms with Crippen LogP contribution in [0.25, 0.3) is 5.65 Å². The summed E-state index contributed by atoms with van der Waals surface area (Å²) in [5.74, 6) is -2.35. The second-order valence-corrected chi connectivity index (χ2v) is 10.7. The smallest absolute Gasteiger partial charge is 0.326 e. The van der Waals surface area contributed by atoms with Crippen LogP contribution in [0, 0.1) is 0 Å². The molecule has 4 aromatic rings. The van der Waals surface area contributed by atoms with Crippen LogP contribution in [0.5, 0.6) is 5.75 Å². The molecular weight excluding hydrogens is 571 g/mol. The first-order valence-corrected chi connectivity index (χ1v) is 13.5. The number of carbonyl (C=O) groups excluding carboxylic acids is 2. The molecule has 0 bridgehead atoms. The highest BCUT2D eigenvalue weighted by molar-refractivity contribution is 6.40. The van der Waals surface area contributed by atoms with Gasteiger partial charge < -0.3 is 29.9 Å². The van der Waals surface area contributed by atoms with Gasteiger partial charge in [-0.15, -0.1) is 0 Å². The lowest BCUT2D eigenvalue weighted by Crippen LogP contribution is -2.42. The second kappa shape index (κ2) is 11.4. The zero-order valence-electron chi connectivity index (χ0n) is 21.8. The molecule has 5 rings (SSSR count). The zero-order chi connectivity index (χ0) is 29.4. The fourth-order valence-electron chi connectivity index (χ4n) is 4.94. The number of carboxylic acids is 1. The molecule has 10 nitrogen and oxygen atoms in total. The number of aliphatic carboxylic acids is 1. The monoisotopic (exact) mass is 596 g/mol. The van der Waals surface area contributed by atoms with E-state index in [1.807, 2.05) is 0 Å². The van der Waals surface area contributed by atoms with Gasteiger partial charge in [-0.2, -0.15) is 0 Å². The van der Waals surface area contributed by atoms with Crippen LogP contribution < -0.4 is 5.32 Å². The number of benzene rings is 2. The third-order valence-corrected chi connectivity index (χ3v) is 7.79. The highest BCUT2D eigenvalue weighted by Crippen LogP contribution is 2.35. The molecule has 2 amide bonds. The van der Waals surface area contributed by atoms with Crippen molar-refractivity contribution in [2.45, 2.75) is 38.5 Å². The quantitative estimate of drug-likeness (QED) is 0.252. The van der Waals surface area contributed by atoms with E-state index in [1.54, 1.807) is 65.0 Å². The minimum Gasteiger partial charge on any atom is -0.504 e. The van der Waals surface area contributed by atoms with Crippen LogP contribution in [0.15, 0.2) is 54.9 Å². The van der Waals surface area contributed by atoms with Crippen LogP contribution in [0.1, 0.15) is 56.1 Å². The molecule has 0 saturated heterocycles. The molecule has 0 saturated carbocycles. The van der Waals surface area contributed by atoms with Crippen molar-refractivity contribution >= 4 is 46.6 Å². The predicted molar refractivity (Wildman–Crippen MR) is 151 cm³/mol. The van der Waals surface area contributed by atoms with Gasteiger partial charge in [0, 0.05) is 31.9 Å². The lowest BCUT2D eigenvalue weighted by molar-refractivity contribution is -0.139. The lowest BCUT2D eigenvalue weighted by atomic mass is 9.96. The fraction of sp³-hybridized carbons (Fsp3) is 0.241. The van der Waals surface area contributed by atoms with Crippen molar-refractivity contribution in [1.82, 2.24) is 19.6 Å². The number of aromatic hydroxyl groups is 1. The highest BCUT2D eigenvalue weighted by atomic mass is 35.5. The molecule has 41 heavy (non-hydrogen) atoms. The van der Waals surface area contributed by atoms with E-state index in [0.29, 0.717) is 35.2 Å². The van der Waals surface area contributed by atoms with Gasteiger partial charge in [0.1, 0.15) is 11.7 Å². The maximum Gasteiger partial charge on any atom is 0.326 e. The number of nitrogens with one attached hydrogen (secondary N) is 1. The van der Waals surface area contributed by atoms with Crippen molar-refractivity contribution in [3.8, 4) is 5.75 Å². The van der Waals surface area contributed by atoms with E-state index in [1.165, 1.54) is 6.07 Å². The summed E-state index contributed by atoms with van der Waals surface area (Å²) in [4.78, 5) is 44.3. The minimum atomic E-state index is -1.27. The van der Waals surface area contributed by atoms with Crippen LogP contribution >= 0.6 is 23.2 Å². The number of fused-ring (bicyclic) bond motifs is 2. The van der Waals surface area contributed by atoms with Crippen LogP contribution in [-0.4, -0.2) is 60.0 Å². The Kier molecular flexibility index (Phi) is 7.90. The fourth-order valence-corrected chi connectivity index (χ4v) is 5.71. The first-order chi connectivity index (χ1) is 19.5. The summed E-state index contributed by atoms with van der Waals surface area (Å²) in [6, 6.07) is 10.3. The molecule has 1 aliphatic heterocycles. The number of hydrogen-bond donors (Lipinski definition) is 4. The number of aliphatic hydroxyl groups excluding tert-OH is 1. The Morgan fingerprint density at radius 2 is 1.93 bits per heavy atom. The van der Waals surface area contributed by atoms with Gasteiger partial charge in [-0.25, -0.2) is 9.78 Å². The third kappa shape index (κ3) is 5.72. The van der Waals surface area contributed by atoms with Gasteiger partial charge in [0.2, 0.25) is 0 Å². The van der Waals surface area contributed by atoms with Crippen molar-refractivity contribution in [3.63, 3.8) is 0 Å². The predicted octanol–water partition coefficient (Wildman–Crippen LogP) is 4.02. The van der Waals surface area contributed by atoms with Crippen molar-refractivity contribution in [2.75, 3.05) is 6.54 Å². The number of aromatic nitrogens is 2. The summed E-state index contributed by atoms with van der Waals surface area (Å²) in [5, 5.41) is 32.3. The Bertz CT molecular complexity index is 1690. The highest BCUT2D eigenvalue weighted by Gasteiger charge is 2.30. The lowest BCUT2D eigenvalue weighted by Gasteiger charge is -2.30. The molecule has 2 unspecified atom stereocenters. The first-order valence-electron chi connectivity index (χ1n) is 12.8. The maximum absolute atomic E-state index is 13.2. The molecule has 0 spiro atoms. The second-order valence-electron chi connectivity index (χ2n) is 9.90. The summed E-state index contributed by atoms with van der Waals surface area (Å²) >= 11 is 13.1. The molecule has 3 heterocycles. The van der Waals surface area contributed by atoms with Gasteiger partial charge in [0.25, 0.3) is 11.8 Å². The van der Waals surface area contributed by atoms with E-state index in [4.69, 9.17) is 23.2 Å². The molecule has 1 aliphatic rings. The number of pyridine rings is 1. The van der Waals surface area contributed by atoms with E-state index in [2.05, 4.69) is 10.3 Å². The molecular formula is C29H26Cl2N4O6. The molecule has 0 aliphatic carbocycles. The van der Waals surface area contributed by atoms with Gasteiger partial charge in [-0.05, 0) is 53.8 Å². The summed E-state index contributed by atoms with van der Waals surface area (Å²) in [6.45, 7) is 2.08. The normalized spacial score (nSPS) is 14.4. The van der Waals surface area contributed by atoms with Crippen LogP contribution in [0.2, 0.25) is 10.0 Å². The van der Waals surface area contributed by atoms with Crippen LogP contribution in [-0.2, 0) is 24.2 Å². The van der Waals surface area contributed by atoms with E-state index in [-0.39, 0.29) is 51.6 Å². The Hall–Kier alpha value is -4.12. The Labute approximate surface area is 244 Å². The van der Waals surface area contributed by atoms with Gasteiger partial charge in [-0.1, -0.05) is 47.5 Å².